The fraction of sp³-hybridized carbons (Fsp3) is 0.750. The van der Waals surface area contributed by atoms with Crippen molar-refractivity contribution in [3.8, 4) is 0 Å². The molecule has 1 saturated heterocycles. The van der Waals surface area contributed by atoms with Gasteiger partial charge in [0.2, 0.25) is 0 Å². The number of hydrogen-bond donors (Lipinski definition) is 1. The van der Waals surface area contributed by atoms with Gasteiger partial charge in [-0.15, -0.1) is 0 Å². The number of aliphatic hydroxyl groups excluding tert-OH is 1. The smallest absolute Gasteiger partial charge is 0.311 e. The van der Waals surface area contributed by atoms with Crippen molar-refractivity contribution < 1.29 is 28.5 Å². The monoisotopic (exact) mass is 508 g/mol. The number of hydrogen-bond acceptors (Lipinski definition) is 6. The molecule has 0 saturated carbocycles. The van der Waals surface area contributed by atoms with Crippen LogP contribution in [0.3, 0.4) is 0 Å². The Labute approximate surface area is 213 Å². The minimum Gasteiger partial charge on any atom is -0.465 e. The Kier molecular flexibility index (Phi) is 10.2. The molecule has 1 aliphatic rings. The lowest BCUT2D eigenvalue weighted by atomic mass is 9.74. The van der Waals surface area contributed by atoms with Crippen LogP contribution in [0.2, 0.25) is 18.1 Å². The second-order valence-electron chi connectivity index (χ2n) is 12.7. The van der Waals surface area contributed by atoms with Crippen molar-refractivity contribution in [3.05, 3.63) is 35.9 Å². The highest BCUT2D eigenvalue weighted by molar-refractivity contribution is 6.74. The molecule has 0 radical (unpaired) electrons. The first-order valence-electron chi connectivity index (χ1n) is 12.8. The Bertz CT molecular complexity index is 798. The summed E-state index contributed by atoms with van der Waals surface area (Å²) in [6.45, 7) is 19.8. The van der Waals surface area contributed by atoms with E-state index in [4.69, 9.17) is 18.6 Å². The van der Waals surface area contributed by atoms with E-state index in [0.717, 1.165) is 5.56 Å². The Hall–Kier alpha value is -1.25. The van der Waals surface area contributed by atoms with Crippen molar-refractivity contribution in [1.82, 2.24) is 0 Å². The van der Waals surface area contributed by atoms with Crippen LogP contribution in [-0.4, -0.2) is 57.5 Å². The molecule has 7 heteroatoms. The summed E-state index contributed by atoms with van der Waals surface area (Å²) in [4.78, 5) is 12.3. The van der Waals surface area contributed by atoms with Gasteiger partial charge in [0.15, 0.2) is 8.32 Å². The lowest BCUT2D eigenvalue weighted by Gasteiger charge is -2.52. The first-order chi connectivity index (χ1) is 16.1. The van der Waals surface area contributed by atoms with Crippen molar-refractivity contribution in [2.75, 3.05) is 19.8 Å². The predicted molar refractivity (Wildman–Crippen MR) is 142 cm³/mol. The first-order valence-corrected chi connectivity index (χ1v) is 15.7. The summed E-state index contributed by atoms with van der Waals surface area (Å²) in [7, 11) is -2.11. The van der Waals surface area contributed by atoms with Crippen LogP contribution in [0.25, 0.3) is 0 Å². The summed E-state index contributed by atoms with van der Waals surface area (Å²) in [5.41, 5.74) is -0.0574. The zero-order valence-corrected chi connectivity index (χ0v) is 24.3. The van der Waals surface area contributed by atoms with Crippen LogP contribution in [0.4, 0.5) is 0 Å². The van der Waals surface area contributed by atoms with Crippen LogP contribution in [-0.2, 0) is 30.0 Å². The molecule has 0 amide bonds. The lowest BCUT2D eigenvalue weighted by Crippen LogP contribution is -2.59. The normalized spacial score (nSPS) is 25.9. The van der Waals surface area contributed by atoms with Gasteiger partial charge in [-0.3, -0.25) is 4.79 Å². The SMILES string of the molecule is CC(C)(C)C(=O)OCC[C@@H]1O[C@H](COCc2ccccc2)C[C@@H](O[Si](C)(C)C(C)(C)C)[C@@]1(C)CO. The summed E-state index contributed by atoms with van der Waals surface area (Å²) >= 11 is 0. The molecule has 1 N–H and O–H groups in total. The number of rotatable bonds is 10. The summed E-state index contributed by atoms with van der Waals surface area (Å²) in [6, 6.07) is 10.1. The Morgan fingerprint density at radius 3 is 2.31 bits per heavy atom. The Morgan fingerprint density at radius 1 is 1.14 bits per heavy atom. The van der Waals surface area contributed by atoms with Crippen molar-refractivity contribution in [2.24, 2.45) is 10.8 Å². The quantitative estimate of drug-likeness (QED) is 0.321. The number of ether oxygens (including phenoxy) is 3. The van der Waals surface area contributed by atoms with Crippen molar-refractivity contribution in [3.63, 3.8) is 0 Å². The maximum atomic E-state index is 12.3. The van der Waals surface area contributed by atoms with E-state index in [9.17, 15) is 9.90 Å². The van der Waals surface area contributed by atoms with E-state index >= 15 is 0 Å². The lowest BCUT2D eigenvalue weighted by molar-refractivity contribution is -0.206. The fourth-order valence-corrected chi connectivity index (χ4v) is 5.37. The number of benzene rings is 1. The molecule has 6 nitrogen and oxygen atoms in total. The molecule has 0 spiro atoms. The van der Waals surface area contributed by atoms with E-state index in [1.54, 1.807) is 0 Å². The first kappa shape index (κ1) is 30.0. The van der Waals surface area contributed by atoms with Crippen LogP contribution in [0.1, 0.15) is 66.9 Å². The van der Waals surface area contributed by atoms with Gasteiger partial charge in [0.25, 0.3) is 0 Å². The molecule has 1 heterocycles. The van der Waals surface area contributed by atoms with E-state index in [1.165, 1.54) is 0 Å². The van der Waals surface area contributed by atoms with Crippen LogP contribution in [0.15, 0.2) is 30.3 Å². The van der Waals surface area contributed by atoms with Gasteiger partial charge < -0.3 is 23.7 Å². The second kappa shape index (κ2) is 11.9. The summed E-state index contributed by atoms with van der Waals surface area (Å²) in [5.74, 6) is -0.240. The molecule has 0 unspecified atom stereocenters. The molecule has 0 aliphatic carbocycles. The van der Waals surface area contributed by atoms with Gasteiger partial charge in [0, 0.05) is 18.3 Å². The highest BCUT2D eigenvalue weighted by atomic mass is 28.4. The van der Waals surface area contributed by atoms with E-state index in [1.807, 2.05) is 58.0 Å². The van der Waals surface area contributed by atoms with Gasteiger partial charge in [0.1, 0.15) is 0 Å². The molecule has 0 bridgehead atoms. The highest BCUT2D eigenvalue weighted by Gasteiger charge is 2.51. The fourth-order valence-electron chi connectivity index (χ4n) is 3.94. The Morgan fingerprint density at radius 2 is 1.77 bits per heavy atom. The average molecular weight is 509 g/mol. The minimum absolute atomic E-state index is 0.0404. The minimum atomic E-state index is -2.11. The van der Waals surface area contributed by atoms with Gasteiger partial charge >= 0.3 is 5.97 Å². The second-order valence-corrected chi connectivity index (χ2v) is 17.4. The Balaban J connectivity index is 2.17. The van der Waals surface area contributed by atoms with Crippen molar-refractivity contribution >= 4 is 14.3 Å². The van der Waals surface area contributed by atoms with E-state index < -0.39 is 19.1 Å². The maximum Gasteiger partial charge on any atom is 0.311 e. The highest BCUT2D eigenvalue weighted by Crippen LogP contribution is 2.45. The summed E-state index contributed by atoms with van der Waals surface area (Å²) < 4.78 is 25.0. The van der Waals surface area contributed by atoms with E-state index in [0.29, 0.717) is 26.1 Å². The standard InChI is InChI=1S/C28H48O6Si/c1-26(2,3)25(30)32-16-15-23-28(7,20-29)24(34-35(8,9)27(4,5)6)17-22(33-23)19-31-18-21-13-11-10-12-14-21/h10-14,22-24,29H,15-20H2,1-9H3/t22-,23-,24+,28-/m0/s1. The number of esters is 1. The van der Waals surface area contributed by atoms with Gasteiger partial charge in [-0.1, -0.05) is 58.0 Å². The van der Waals surface area contributed by atoms with Gasteiger partial charge in [0.05, 0.1) is 50.2 Å². The van der Waals surface area contributed by atoms with Crippen LogP contribution < -0.4 is 0 Å². The maximum absolute atomic E-state index is 12.3. The molecule has 2 rings (SSSR count). The van der Waals surface area contributed by atoms with Crippen LogP contribution in [0, 0.1) is 10.8 Å². The van der Waals surface area contributed by atoms with Gasteiger partial charge in [-0.05, 0) is 44.5 Å². The molecule has 1 aromatic carbocycles. The van der Waals surface area contributed by atoms with Gasteiger partial charge in [-0.25, -0.2) is 0 Å². The molecule has 200 valence electrons. The number of carbonyl (C=O) groups is 1. The topological polar surface area (TPSA) is 74.2 Å². The number of carbonyl (C=O) groups excluding carboxylic acids is 1. The van der Waals surface area contributed by atoms with Crippen LogP contribution >= 0.6 is 0 Å². The molecule has 1 aromatic rings. The third-order valence-electron chi connectivity index (χ3n) is 7.53. The predicted octanol–water partition coefficient (Wildman–Crippen LogP) is 5.73. The molecule has 0 aromatic heterocycles. The summed E-state index contributed by atoms with van der Waals surface area (Å²) in [5, 5.41) is 10.6. The zero-order valence-electron chi connectivity index (χ0n) is 23.3. The largest absolute Gasteiger partial charge is 0.465 e. The van der Waals surface area contributed by atoms with E-state index in [-0.39, 0.29) is 42.5 Å². The molecular weight excluding hydrogens is 460 g/mol. The summed E-state index contributed by atoms with van der Waals surface area (Å²) in [6.07, 6.45) is 0.462. The molecule has 35 heavy (non-hydrogen) atoms. The van der Waals surface area contributed by atoms with E-state index in [2.05, 4.69) is 33.9 Å². The zero-order chi connectivity index (χ0) is 26.5. The average Bonchev–Trinajstić information content (AvgIpc) is 2.75. The third kappa shape index (κ3) is 8.12. The molecule has 1 aliphatic heterocycles. The molecule has 4 atom stereocenters. The van der Waals surface area contributed by atoms with Crippen LogP contribution in [0.5, 0.6) is 0 Å². The molecule has 1 fully saturated rings. The van der Waals surface area contributed by atoms with Crippen molar-refractivity contribution in [1.29, 1.82) is 0 Å². The number of aliphatic hydroxyl groups is 1. The van der Waals surface area contributed by atoms with Gasteiger partial charge in [-0.2, -0.15) is 0 Å². The van der Waals surface area contributed by atoms with Crippen molar-refractivity contribution in [2.45, 2.75) is 104 Å². The third-order valence-corrected chi connectivity index (χ3v) is 12.0. The molecular formula is C28H48O6Si.